The van der Waals surface area contributed by atoms with E-state index in [9.17, 15) is 18.0 Å². The van der Waals surface area contributed by atoms with Crippen LogP contribution in [-0.2, 0) is 6.18 Å². The smallest absolute Gasteiger partial charge is 0.331 e. The summed E-state index contributed by atoms with van der Waals surface area (Å²) >= 11 is 3.59. The van der Waals surface area contributed by atoms with Gasteiger partial charge in [0.05, 0.1) is 5.56 Å². The number of carbonyl (C=O) groups is 1. The fourth-order valence-corrected chi connectivity index (χ4v) is 4.13. The van der Waals surface area contributed by atoms with Crippen LogP contribution in [0, 0.1) is 0 Å². The van der Waals surface area contributed by atoms with E-state index in [0.29, 0.717) is 4.83 Å². The summed E-state index contributed by atoms with van der Waals surface area (Å²) in [5.41, 5.74) is -0.742. The molecule has 2 unspecified atom stereocenters. The molecule has 2 bridgehead atoms. The van der Waals surface area contributed by atoms with Crippen molar-refractivity contribution in [1.82, 2.24) is 9.88 Å². The molecule has 1 aromatic heterocycles. The van der Waals surface area contributed by atoms with Gasteiger partial charge < -0.3 is 4.90 Å². The van der Waals surface area contributed by atoms with E-state index in [4.69, 9.17) is 0 Å². The number of pyridine rings is 1. The van der Waals surface area contributed by atoms with E-state index in [2.05, 4.69) is 20.9 Å². The molecular formula is C14H14BrF3N2O. The number of alkyl halides is 4. The van der Waals surface area contributed by atoms with Gasteiger partial charge in [0.1, 0.15) is 5.69 Å². The Labute approximate surface area is 128 Å². The van der Waals surface area contributed by atoms with Crippen LogP contribution in [0.4, 0.5) is 13.2 Å². The molecule has 3 heterocycles. The van der Waals surface area contributed by atoms with Gasteiger partial charge in [0.25, 0.3) is 5.91 Å². The molecule has 0 aliphatic carbocycles. The molecule has 0 saturated carbocycles. The molecule has 3 nitrogen and oxygen atoms in total. The Morgan fingerprint density at radius 3 is 2.33 bits per heavy atom. The Hall–Kier alpha value is -1.11. The molecule has 114 valence electrons. The Morgan fingerprint density at radius 2 is 1.86 bits per heavy atom. The number of halogens is 4. The highest BCUT2D eigenvalue weighted by Gasteiger charge is 2.43. The van der Waals surface area contributed by atoms with Crippen molar-refractivity contribution in [2.45, 2.75) is 48.8 Å². The number of hydrogen-bond acceptors (Lipinski definition) is 2. The van der Waals surface area contributed by atoms with E-state index in [0.717, 1.165) is 37.9 Å². The topological polar surface area (TPSA) is 33.2 Å². The number of amides is 1. The Morgan fingerprint density at radius 1 is 1.24 bits per heavy atom. The number of hydrogen-bond donors (Lipinski definition) is 0. The Kier molecular flexibility index (Phi) is 3.71. The first kappa shape index (κ1) is 14.8. The monoisotopic (exact) mass is 362 g/mol. The third-order valence-electron chi connectivity index (χ3n) is 4.22. The highest BCUT2D eigenvalue weighted by Crippen LogP contribution is 2.39. The molecule has 0 spiro atoms. The van der Waals surface area contributed by atoms with Crippen molar-refractivity contribution in [3.8, 4) is 0 Å². The van der Waals surface area contributed by atoms with Gasteiger partial charge in [-0.3, -0.25) is 9.78 Å². The summed E-state index contributed by atoms with van der Waals surface area (Å²) in [6.45, 7) is 0. The maximum atomic E-state index is 12.5. The molecule has 0 N–H and O–H groups in total. The number of piperidine rings is 1. The third-order valence-corrected chi connectivity index (χ3v) is 4.97. The van der Waals surface area contributed by atoms with Crippen LogP contribution in [0.2, 0.25) is 0 Å². The summed E-state index contributed by atoms with van der Waals surface area (Å²) in [5, 5.41) is 0. The van der Waals surface area contributed by atoms with Gasteiger partial charge in [-0.1, -0.05) is 15.9 Å². The SMILES string of the molecule is O=C(c1ccc(C(F)(F)F)cn1)N1C2CCC1CC(Br)C2. The number of rotatable bonds is 1. The summed E-state index contributed by atoms with van der Waals surface area (Å²) in [7, 11) is 0. The van der Waals surface area contributed by atoms with E-state index in [1.165, 1.54) is 6.07 Å². The van der Waals surface area contributed by atoms with Gasteiger partial charge in [-0.2, -0.15) is 13.2 Å². The molecule has 3 rings (SSSR count). The minimum absolute atomic E-state index is 0.0907. The molecule has 2 fully saturated rings. The molecule has 2 aliphatic heterocycles. The average Bonchev–Trinajstić information content (AvgIpc) is 2.69. The van der Waals surface area contributed by atoms with Crippen LogP contribution in [0.5, 0.6) is 0 Å². The number of aromatic nitrogens is 1. The van der Waals surface area contributed by atoms with Crippen LogP contribution in [0.15, 0.2) is 18.3 Å². The van der Waals surface area contributed by atoms with Gasteiger partial charge in [-0.15, -0.1) is 0 Å². The lowest BCUT2D eigenvalue weighted by molar-refractivity contribution is -0.137. The van der Waals surface area contributed by atoms with Gasteiger partial charge in [-0.05, 0) is 37.8 Å². The van der Waals surface area contributed by atoms with Crippen LogP contribution < -0.4 is 0 Å². The summed E-state index contributed by atoms with van der Waals surface area (Å²) in [4.78, 5) is 18.4. The second-order valence-electron chi connectivity index (χ2n) is 5.60. The van der Waals surface area contributed by atoms with E-state index in [1.54, 1.807) is 0 Å². The first-order valence-corrected chi connectivity index (χ1v) is 7.78. The van der Waals surface area contributed by atoms with Crippen molar-refractivity contribution in [3.05, 3.63) is 29.6 Å². The zero-order valence-corrected chi connectivity index (χ0v) is 12.7. The predicted molar refractivity (Wildman–Crippen MR) is 74.2 cm³/mol. The van der Waals surface area contributed by atoms with Crippen LogP contribution in [-0.4, -0.2) is 32.7 Å². The lowest BCUT2D eigenvalue weighted by atomic mass is 10.0. The maximum absolute atomic E-state index is 12.5. The molecule has 1 amide bonds. The Bertz CT molecular complexity index is 532. The molecule has 0 radical (unpaired) electrons. The molecule has 7 heteroatoms. The van der Waals surface area contributed by atoms with Crippen molar-refractivity contribution in [3.63, 3.8) is 0 Å². The van der Waals surface area contributed by atoms with E-state index < -0.39 is 11.7 Å². The average molecular weight is 363 g/mol. The lowest BCUT2D eigenvalue weighted by Gasteiger charge is -2.37. The molecular weight excluding hydrogens is 349 g/mol. The van der Waals surface area contributed by atoms with Gasteiger partial charge in [0, 0.05) is 23.1 Å². The van der Waals surface area contributed by atoms with Crippen LogP contribution in [0.25, 0.3) is 0 Å². The normalized spacial score (nSPS) is 28.8. The molecule has 0 aromatic carbocycles. The van der Waals surface area contributed by atoms with Crippen molar-refractivity contribution < 1.29 is 18.0 Å². The summed E-state index contributed by atoms with van der Waals surface area (Å²) in [6.07, 6.45) is -0.00166. The summed E-state index contributed by atoms with van der Waals surface area (Å²) in [5.74, 6) is -0.254. The van der Waals surface area contributed by atoms with Crippen molar-refractivity contribution in [2.75, 3.05) is 0 Å². The maximum Gasteiger partial charge on any atom is 0.417 e. The van der Waals surface area contributed by atoms with E-state index >= 15 is 0 Å². The van der Waals surface area contributed by atoms with Crippen LogP contribution in [0.3, 0.4) is 0 Å². The molecule has 2 saturated heterocycles. The standard InChI is InChI=1S/C14H14BrF3N2O/c15-9-5-10-2-3-11(6-9)20(10)13(21)12-4-1-8(7-19-12)14(16,17)18/h1,4,7,9-11H,2-3,5-6H2. The van der Waals surface area contributed by atoms with Crippen LogP contribution in [0.1, 0.15) is 41.7 Å². The first-order chi connectivity index (χ1) is 9.86. The number of fused-ring (bicyclic) bond motifs is 2. The van der Waals surface area contributed by atoms with Crippen molar-refractivity contribution in [2.24, 2.45) is 0 Å². The third kappa shape index (κ3) is 2.80. The second kappa shape index (κ2) is 5.26. The van der Waals surface area contributed by atoms with Gasteiger partial charge in [-0.25, -0.2) is 0 Å². The fraction of sp³-hybridized carbons (Fsp3) is 0.571. The zero-order valence-electron chi connectivity index (χ0n) is 11.1. The second-order valence-corrected chi connectivity index (χ2v) is 6.89. The molecule has 1 aromatic rings. The predicted octanol–water partition coefficient (Wildman–Crippen LogP) is 3.63. The number of carbonyl (C=O) groups excluding carboxylic acids is 1. The zero-order chi connectivity index (χ0) is 15.2. The molecule has 2 aliphatic rings. The van der Waals surface area contributed by atoms with Crippen molar-refractivity contribution >= 4 is 21.8 Å². The van der Waals surface area contributed by atoms with E-state index in [-0.39, 0.29) is 23.7 Å². The highest BCUT2D eigenvalue weighted by molar-refractivity contribution is 9.09. The highest BCUT2D eigenvalue weighted by atomic mass is 79.9. The van der Waals surface area contributed by atoms with Crippen molar-refractivity contribution in [1.29, 1.82) is 0 Å². The quantitative estimate of drug-likeness (QED) is 0.714. The van der Waals surface area contributed by atoms with E-state index in [1.807, 2.05) is 4.90 Å². The fourth-order valence-electron chi connectivity index (χ4n) is 3.26. The summed E-state index contributed by atoms with van der Waals surface area (Å²) < 4.78 is 37.5. The lowest BCUT2D eigenvalue weighted by Crippen LogP contribution is -2.47. The summed E-state index contributed by atoms with van der Waals surface area (Å²) in [6, 6.07) is 2.43. The minimum Gasteiger partial charge on any atom is -0.331 e. The molecule has 2 atom stereocenters. The minimum atomic E-state index is -4.43. The van der Waals surface area contributed by atoms with Gasteiger partial charge in [0.15, 0.2) is 0 Å². The van der Waals surface area contributed by atoms with Gasteiger partial charge >= 0.3 is 6.18 Å². The number of nitrogens with zero attached hydrogens (tertiary/aromatic N) is 2. The Balaban J connectivity index is 1.80. The van der Waals surface area contributed by atoms with Gasteiger partial charge in [0.2, 0.25) is 0 Å². The van der Waals surface area contributed by atoms with Crippen LogP contribution >= 0.6 is 15.9 Å². The largest absolute Gasteiger partial charge is 0.417 e. The first-order valence-electron chi connectivity index (χ1n) is 6.86. The molecule has 21 heavy (non-hydrogen) atoms.